The first-order chi connectivity index (χ1) is 7.05. The molecule has 90 valence electrons. The highest BCUT2D eigenvalue weighted by molar-refractivity contribution is 4.81. The van der Waals surface area contributed by atoms with E-state index in [0.29, 0.717) is 25.9 Å². The maximum Gasteiger partial charge on any atom is 0.248 e. The van der Waals surface area contributed by atoms with Gasteiger partial charge in [0.2, 0.25) is 5.92 Å². The van der Waals surface area contributed by atoms with Crippen LogP contribution in [0.3, 0.4) is 0 Å². The zero-order valence-electron chi connectivity index (χ0n) is 9.22. The van der Waals surface area contributed by atoms with Crippen molar-refractivity contribution in [2.75, 3.05) is 13.7 Å². The van der Waals surface area contributed by atoms with E-state index in [0.717, 1.165) is 6.42 Å². The molecular formula is C11H20F2O2. The highest BCUT2D eigenvalue weighted by Crippen LogP contribution is 2.38. The molecule has 15 heavy (non-hydrogen) atoms. The van der Waals surface area contributed by atoms with E-state index in [1.807, 2.05) is 0 Å². The molecule has 1 saturated carbocycles. The fraction of sp³-hybridized carbons (Fsp3) is 1.00. The van der Waals surface area contributed by atoms with Crippen molar-refractivity contribution in [1.29, 1.82) is 0 Å². The summed E-state index contributed by atoms with van der Waals surface area (Å²) in [6.45, 7) is 0.625. The lowest BCUT2D eigenvalue weighted by atomic mass is 9.82. The summed E-state index contributed by atoms with van der Waals surface area (Å²) in [6.07, 6.45) is 1.77. The van der Waals surface area contributed by atoms with E-state index in [4.69, 9.17) is 4.74 Å². The van der Waals surface area contributed by atoms with E-state index >= 15 is 0 Å². The number of aliphatic hydroxyl groups excluding tert-OH is 1. The minimum absolute atomic E-state index is 0.0569. The van der Waals surface area contributed by atoms with E-state index in [-0.39, 0.29) is 18.8 Å². The molecule has 0 radical (unpaired) electrons. The second-order valence-electron chi connectivity index (χ2n) is 4.40. The summed E-state index contributed by atoms with van der Waals surface area (Å²) in [6, 6.07) is 0. The first-order valence-corrected chi connectivity index (χ1v) is 5.60. The Kier molecular flexibility index (Phi) is 4.93. The molecule has 0 aliphatic heterocycles. The van der Waals surface area contributed by atoms with Crippen molar-refractivity contribution < 1.29 is 18.6 Å². The molecule has 4 heteroatoms. The Morgan fingerprint density at radius 3 is 2.53 bits per heavy atom. The minimum Gasteiger partial charge on any atom is -0.393 e. The molecule has 0 aromatic heterocycles. The number of hydrogen-bond acceptors (Lipinski definition) is 2. The molecule has 1 fully saturated rings. The summed E-state index contributed by atoms with van der Waals surface area (Å²) >= 11 is 0. The number of halogens is 2. The highest BCUT2D eigenvalue weighted by atomic mass is 19.3. The summed E-state index contributed by atoms with van der Waals surface area (Å²) in [5.41, 5.74) is 0. The number of hydrogen-bond donors (Lipinski definition) is 1. The molecule has 1 atom stereocenters. The molecule has 0 aromatic rings. The van der Waals surface area contributed by atoms with Gasteiger partial charge in [0.15, 0.2) is 0 Å². The summed E-state index contributed by atoms with van der Waals surface area (Å²) < 4.78 is 30.6. The fourth-order valence-electron chi connectivity index (χ4n) is 2.12. The van der Waals surface area contributed by atoms with Crippen LogP contribution in [-0.2, 0) is 4.74 Å². The fourth-order valence-corrected chi connectivity index (χ4v) is 2.12. The molecule has 0 aromatic carbocycles. The Hall–Kier alpha value is -0.220. The van der Waals surface area contributed by atoms with Gasteiger partial charge in [0.25, 0.3) is 0 Å². The van der Waals surface area contributed by atoms with Crippen LogP contribution >= 0.6 is 0 Å². The topological polar surface area (TPSA) is 29.5 Å². The monoisotopic (exact) mass is 222 g/mol. The van der Waals surface area contributed by atoms with Crippen molar-refractivity contribution in [1.82, 2.24) is 0 Å². The number of aliphatic hydroxyl groups is 1. The number of alkyl halides is 2. The van der Waals surface area contributed by atoms with Gasteiger partial charge in [-0.2, -0.15) is 0 Å². The SMILES string of the molecule is COCCCC(O)C1CCC(F)(F)CC1. The molecule has 0 saturated heterocycles. The van der Waals surface area contributed by atoms with Crippen molar-refractivity contribution in [3.8, 4) is 0 Å². The van der Waals surface area contributed by atoms with Crippen LogP contribution in [0.5, 0.6) is 0 Å². The zero-order valence-corrected chi connectivity index (χ0v) is 9.22. The molecule has 1 aliphatic carbocycles. The summed E-state index contributed by atoms with van der Waals surface area (Å²) in [5.74, 6) is -2.44. The van der Waals surface area contributed by atoms with E-state index in [9.17, 15) is 13.9 Å². The standard InChI is InChI=1S/C11H20F2O2/c1-15-8-2-3-10(14)9-4-6-11(12,13)7-5-9/h9-10,14H,2-8H2,1H3. The predicted octanol–water partition coefficient (Wildman–Crippen LogP) is 2.60. The van der Waals surface area contributed by atoms with Crippen molar-refractivity contribution >= 4 is 0 Å². The van der Waals surface area contributed by atoms with Gasteiger partial charge in [0, 0.05) is 26.6 Å². The quantitative estimate of drug-likeness (QED) is 0.724. The first-order valence-electron chi connectivity index (χ1n) is 5.60. The molecule has 1 unspecified atom stereocenters. The van der Waals surface area contributed by atoms with Crippen LogP contribution in [-0.4, -0.2) is 30.8 Å². The normalized spacial score (nSPS) is 24.0. The van der Waals surface area contributed by atoms with E-state index in [2.05, 4.69) is 0 Å². The summed E-state index contributed by atoms with van der Waals surface area (Å²) in [5, 5.41) is 9.77. The molecule has 0 spiro atoms. The zero-order chi connectivity index (χ0) is 11.3. The van der Waals surface area contributed by atoms with Gasteiger partial charge in [0.1, 0.15) is 0 Å². The molecule has 0 bridgehead atoms. The number of methoxy groups -OCH3 is 1. The lowest BCUT2D eigenvalue weighted by Crippen LogP contribution is -2.31. The van der Waals surface area contributed by atoms with Gasteiger partial charge in [-0.1, -0.05) is 0 Å². The van der Waals surface area contributed by atoms with Gasteiger partial charge in [-0.3, -0.25) is 0 Å². The minimum atomic E-state index is -2.50. The predicted molar refractivity (Wildman–Crippen MR) is 54.0 cm³/mol. The third kappa shape index (κ3) is 4.43. The number of rotatable bonds is 5. The van der Waals surface area contributed by atoms with Gasteiger partial charge in [0.05, 0.1) is 6.10 Å². The molecule has 1 N–H and O–H groups in total. The summed E-state index contributed by atoms with van der Waals surface area (Å²) in [7, 11) is 1.62. The maximum absolute atomic E-state index is 12.8. The van der Waals surface area contributed by atoms with Crippen molar-refractivity contribution in [3.05, 3.63) is 0 Å². The molecule has 2 nitrogen and oxygen atoms in total. The van der Waals surface area contributed by atoms with Gasteiger partial charge >= 0.3 is 0 Å². The smallest absolute Gasteiger partial charge is 0.248 e. The van der Waals surface area contributed by atoms with Gasteiger partial charge in [-0.25, -0.2) is 8.78 Å². The Morgan fingerprint density at radius 2 is 2.00 bits per heavy atom. The van der Waals surface area contributed by atoms with Crippen LogP contribution in [0.1, 0.15) is 38.5 Å². The van der Waals surface area contributed by atoms with Crippen LogP contribution in [0.25, 0.3) is 0 Å². The molecule has 0 amide bonds. The Labute approximate surface area is 89.6 Å². The second-order valence-corrected chi connectivity index (χ2v) is 4.40. The average molecular weight is 222 g/mol. The van der Waals surface area contributed by atoms with Gasteiger partial charge in [-0.15, -0.1) is 0 Å². The largest absolute Gasteiger partial charge is 0.393 e. The van der Waals surface area contributed by atoms with E-state index in [1.165, 1.54) is 0 Å². The van der Waals surface area contributed by atoms with Crippen molar-refractivity contribution in [2.24, 2.45) is 5.92 Å². The van der Waals surface area contributed by atoms with Crippen LogP contribution in [0, 0.1) is 5.92 Å². The van der Waals surface area contributed by atoms with Crippen LogP contribution in [0.4, 0.5) is 8.78 Å². The number of ether oxygens (including phenoxy) is 1. The van der Waals surface area contributed by atoms with Crippen LogP contribution < -0.4 is 0 Å². The lowest BCUT2D eigenvalue weighted by Gasteiger charge is -2.31. The maximum atomic E-state index is 12.8. The lowest BCUT2D eigenvalue weighted by molar-refractivity contribution is -0.0636. The Bertz CT molecular complexity index is 175. The van der Waals surface area contributed by atoms with Gasteiger partial charge < -0.3 is 9.84 Å². The second kappa shape index (κ2) is 5.75. The van der Waals surface area contributed by atoms with E-state index in [1.54, 1.807) is 7.11 Å². The van der Waals surface area contributed by atoms with Crippen LogP contribution in [0.15, 0.2) is 0 Å². The molecule has 1 aliphatic rings. The highest BCUT2D eigenvalue weighted by Gasteiger charge is 2.36. The Balaban J connectivity index is 2.21. The average Bonchev–Trinajstić information content (AvgIpc) is 2.18. The third-order valence-electron chi connectivity index (χ3n) is 3.15. The summed E-state index contributed by atoms with van der Waals surface area (Å²) in [4.78, 5) is 0. The molecular weight excluding hydrogens is 202 g/mol. The van der Waals surface area contributed by atoms with Gasteiger partial charge in [-0.05, 0) is 31.6 Å². The molecule has 0 heterocycles. The van der Waals surface area contributed by atoms with E-state index < -0.39 is 12.0 Å². The van der Waals surface area contributed by atoms with Crippen molar-refractivity contribution in [3.63, 3.8) is 0 Å². The molecule has 1 rings (SSSR count). The first kappa shape index (κ1) is 12.8. The van der Waals surface area contributed by atoms with Crippen molar-refractivity contribution in [2.45, 2.75) is 50.6 Å². The Morgan fingerprint density at radius 1 is 1.40 bits per heavy atom. The third-order valence-corrected chi connectivity index (χ3v) is 3.15. The van der Waals surface area contributed by atoms with Crippen LogP contribution in [0.2, 0.25) is 0 Å².